The van der Waals surface area contributed by atoms with Crippen LogP contribution < -0.4 is 20.4 Å². The molecule has 0 amide bonds. The summed E-state index contributed by atoms with van der Waals surface area (Å²) in [6, 6.07) is 0. The molecule has 0 aromatic carbocycles. The van der Waals surface area contributed by atoms with Crippen LogP contribution in [0, 0.1) is 0 Å². The standard InChI is InChI=1S/4C14H29O4.Ti/c4*1-4-7-10-16-14(13-15,17-11-8-5-2)18-12-9-6-3;/h4*4-13H2,1-3H3;/q4*-1;+4. The van der Waals surface area contributed by atoms with E-state index in [2.05, 4.69) is 83.1 Å². The van der Waals surface area contributed by atoms with Crippen molar-refractivity contribution in [1.29, 1.82) is 0 Å². The van der Waals surface area contributed by atoms with Gasteiger partial charge in [0.25, 0.3) is 23.9 Å². The number of hydrogen-bond acceptors (Lipinski definition) is 16. The van der Waals surface area contributed by atoms with E-state index < -0.39 is 50.3 Å². The van der Waals surface area contributed by atoms with Gasteiger partial charge in [-0.2, -0.15) is 0 Å². The molecule has 17 heteroatoms. The third kappa shape index (κ3) is 50.1. The van der Waals surface area contributed by atoms with Crippen LogP contribution in [-0.4, -0.2) is 130 Å². The fraction of sp³-hybridized carbons (Fsp3) is 1.00. The Morgan fingerprint density at radius 3 is 0.329 bits per heavy atom. The summed E-state index contributed by atoms with van der Waals surface area (Å²) in [4.78, 5) is 0. The van der Waals surface area contributed by atoms with Crippen LogP contribution in [0.3, 0.4) is 0 Å². The van der Waals surface area contributed by atoms with E-state index in [0.29, 0.717) is 79.3 Å². The molecule has 73 heavy (non-hydrogen) atoms. The minimum atomic E-state index is -1.36. The summed E-state index contributed by atoms with van der Waals surface area (Å²) in [6.45, 7) is 29.1. The van der Waals surface area contributed by atoms with Gasteiger partial charge < -0.3 is 77.3 Å². The van der Waals surface area contributed by atoms with Crippen molar-refractivity contribution >= 4 is 0 Å². The van der Waals surface area contributed by atoms with E-state index in [1.165, 1.54) is 0 Å². The molecule has 0 aliphatic heterocycles. The van der Waals surface area contributed by atoms with E-state index in [4.69, 9.17) is 56.8 Å². The zero-order valence-corrected chi connectivity index (χ0v) is 50.9. The van der Waals surface area contributed by atoms with Crippen LogP contribution in [0.2, 0.25) is 0 Å². The van der Waals surface area contributed by atoms with Gasteiger partial charge in [0.2, 0.25) is 0 Å². The molecule has 0 spiro atoms. The van der Waals surface area contributed by atoms with E-state index in [0.717, 1.165) is 154 Å². The van der Waals surface area contributed by atoms with Crippen LogP contribution in [0.25, 0.3) is 0 Å². The summed E-state index contributed by atoms with van der Waals surface area (Å²) >= 11 is 0. The fourth-order valence-corrected chi connectivity index (χ4v) is 5.46. The molecule has 0 saturated carbocycles. The molecule has 0 aliphatic rings. The maximum absolute atomic E-state index is 11.4. The number of rotatable bonds is 52. The first-order valence-corrected chi connectivity index (χ1v) is 29.0. The van der Waals surface area contributed by atoms with E-state index in [9.17, 15) is 20.4 Å². The molecular formula is C56H116O16Ti. The summed E-state index contributed by atoms with van der Waals surface area (Å²) in [5, 5.41) is 45.4. The summed E-state index contributed by atoms with van der Waals surface area (Å²) in [5.74, 6) is -5.45. The topological polar surface area (TPSA) is 203 Å². The Morgan fingerprint density at radius 2 is 0.274 bits per heavy atom. The van der Waals surface area contributed by atoms with Gasteiger partial charge in [-0.05, 0) is 77.0 Å². The molecule has 0 heterocycles. The van der Waals surface area contributed by atoms with Gasteiger partial charge in [-0.1, -0.05) is 187 Å². The van der Waals surface area contributed by atoms with Crippen LogP contribution in [0.5, 0.6) is 0 Å². The SMILES string of the molecule is CCCCOC(C[O-])(OCCCC)OCCCC.CCCCOC(C[O-])(OCCCC)OCCCC.CCCCOC(C[O-])(OCCCC)OCCCC.CCCCOC(C[O-])(OCCCC)OCCCC.[Ti+4]. The van der Waals surface area contributed by atoms with Crippen molar-refractivity contribution in [3.05, 3.63) is 0 Å². The number of unbranched alkanes of at least 4 members (excludes halogenated alkanes) is 12. The molecule has 0 aliphatic carbocycles. The first kappa shape index (κ1) is 81.9. The van der Waals surface area contributed by atoms with Crippen LogP contribution in [-0.2, 0) is 78.6 Å². The maximum Gasteiger partial charge on any atom is 4.00 e. The number of ether oxygens (including phenoxy) is 12. The average Bonchev–Trinajstić information content (AvgIpc) is 3.39. The molecule has 0 unspecified atom stereocenters. The summed E-state index contributed by atoms with van der Waals surface area (Å²) in [7, 11) is 0. The molecule has 0 aromatic rings. The van der Waals surface area contributed by atoms with Crippen molar-refractivity contribution in [3.8, 4) is 0 Å². The molecule has 0 fully saturated rings. The second-order valence-corrected chi connectivity index (χ2v) is 17.7. The third-order valence-electron chi connectivity index (χ3n) is 10.5. The summed E-state index contributed by atoms with van der Waals surface area (Å²) in [5.41, 5.74) is 0. The van der Waals surface area contributed by atoms with E-state index in [1.807, 2.05) is 0 Å². The van der Waals surface area contributed by atoms with Gasteiger partial charge in [0, 0.05) is 0 Å². The monoisotopic (exact) mass is 1090 g/mol. The second-order valence-electron chi connectivity index (χ2n) is 17.7. The molecule has 0 aromatic heterocycles. The zero-order valence-electron chi connectivity index (χ0n) is 49.3. The Hall–Kier alpha value is 0.0743. The molecule has 0 rings (SSSR count). The Balaban J connectivity index is -0.000000280. The Labute approximate surface area is 463 Å². The average molecular weight is 1090 g/mol. The third-order valence-corrected chi connectivity index (χ3v) is 10.5. The first-order chi connectivity index (χ1) is 35.0. The Bertz CT molecular complexity index is 746. The summed E-state index contributed by atoms with van der Waals surface area (Å²) < 4.78 is 66.7. The van der Waals surface area contributed by atoms with Crippen LogP contribution in [0.1, 0.15) is 237 Å². The van der Waals surface area contributed by atoms with Gasteiger partial charge in [-0.3, -0.25) is 0 Å². The molecule has 440 valence electrons. The predicted octanol–water partition coefficient (Wildman–Crippen LogP) is 9.80. The van der Waals surface area contributed by atoms with Crippen molar-refractivity contribution in [2.24, 2.45) is 0 Å². The van der Waals surface area contributed by atoms with Crippen LogP contribution >= 0.6 is 0 Å². The van der Waals surface area contributed by atoms with Gasteiger partial charge in [0.05, 0.1) is 79.3 Å². The van der Waals surface area contributed by atoms with Crippen molar-refractivity contribution in [2.75, 3.05) is 106 Å². The molecule has 0 atom stereocenters. The van der Waals surface area contributed by atoms with E-state index >= 15 is 0 Å². The fourth-order valence-electron chi connectivity index (χ4n) is 5.46. The Morgan fingerprint density at radius 1 is 0.192 bits per heavy atom. The Kier molecular flexibility index (Phi) is 70.6. The minimum absolute atomic E-state index is 0. The molecule has 0 N–H and O–H groups in total. The normalized spacial score (nSPS) is 11.8. The van der Waals surface area contributed by atoms with E-state index in [-0.39, 0.29) is 21.7 Å². The first-order valence-electron chi connectivity index (χ1n) is 29.0. The van der Waals surface area contributed by atoms with Crippen molar-refractivity contribution in [2.45, 2.75) is 261 Å². The predicted molar refractivity (Wildman–Crippen MR) is 281 cm³/mol. The van der Waals surface area contributed by atoms with Crippen molar-refractivity contribution in [1.82, 2.24) is 0 Å². The van der Waals surface area contributed by atoms with Gasteiger partial charge >= 0.3 is 21.7 Å². The largest absolute Gasteiger partial charge is 4.00 e. The van der Waals surface area contributed by atoms with Gasteiger partial charge in [0.15, 0.2) is 0 Å². The van der Waals surface area contributed by atoms with Gasteiger partial charge in [-0.25, -0.2) is 0 Å². The van der Waals surface area contributed by atoms with Crippen molar-refractivity contribution in [3.63, 3.8) is 0 Å². The quantitative estimate of drug-likeness (QED) is 0.0316. The smallest absolute Gasteiger partial charge is 0.849 e. The molecule has 0 saturated heterocycles. The van der Waals surface area contributed by atoms with Crippen LogP contribution in [0.4, 0.5) is 0 Å². The van der Waals surface area contributed by atoms with Gasteiger partial charge in [-0.15, -0.1) is 0 Å². The second kappa shape index (κ2) is 62.9. The molecule has 0 bridgehead atoms. The summed E-state index contributed by atoms with van der Waals surface area (Å²) in [6.07, 6.45) is 23.3. The molecule has 16 nitrogen and oxygen atoms in total. The van der Waals surface area contributed by atoms with Gasteiger partial charge in [0.1, 0.15) is 0 Å². The van der Waals surface area contributed by atoms with E-state index in [1.54, 1.807) is 0 Å². The molecule has 0 radical (unpaired) electrons. The minimum Gasteiger partial charge on any atom is -0.849 e. The van der Waals surface area contributed by atoms with Crippen LogP contribution in [0.15, 0.2) is 0 Å². The zero-order chi connectivity index (χ0) is 54.8. The van der Waals surface area contributed by atoms with Crippen molar-refractivity contribution < 1.29 is 99.0 Å². The molecular weight excluding hydrogens is 976 g/mol. The number of hydrogen-bond donors (Lipinski definition) is 0. The maximum atomic E-state index is 11.4.